The van der Waals surface area contributed by atoms with E-state index >= 15 is 0 Å². The minimum absolute atomic E-state index is 0.133. The van der Waals surface area contributed by atoms with Crippen LogP contribution in [0.1, 0.15) is 28.9 Å². The maximum Gasteiger partial charge on any atom is 0.412 e. The minimum Gasteiger partial charge on any atom is -0.444 e. The zero-order chi connectivity index (χ0) is 21.9. The third-order valence-corrected chi connectivity index (χ3v) is 5.73. The van der Waals surface area contributed by atoms with Crippen LogP contribution in [0.5, 0.6) is 0 Å². The molecule has 0 aromatic heterocycles. The Morgan fingerprint density at radius 2 is 1.47 bits per heavy atom. The molecule has 2 atom stereocenters. The summed E-state index contributed by atoms with van der Waals surface area (Å²) in [5.41, 5.74) is 2.48. The summed E-state index contributed by atoms with van der Waals surface area (Å²) in [6.07, 6.45) is -1.18. The predicted octanol–water partition coefficient (Wildman–Crippen LogP) is 5.35. The highest BCUT2D eigenvalue weighted by Crippen LogP contribution is 2.38. The molecule has 1 saturated heterocycles. The van der Waals surface area contributed by atoms with Gasteiger partial charge in [0.2, 0.25) is 5.91 Å². The molecule has 5 heteroatoms. The molecule has 1 aliphatic rings. The number of nitrogens with zero attached hydrogens (tertiary/aromatic N) is 1. The van der Waals surface area contributed by atoms with Crippen molar-refractivity contribution in [3.8, 4) is 0 Å². The standard InChI is InChI=1S/C27H22N2O3/c30-26-24(21-13-5-2-6-14-21)29(27(31)32-18-19-10-3-1-4-11-19)25(28-26)23-17-9-15-20-12-7-8-16-22(20)23/h1-17,24-25H,18H2,(H,28,30). The first-order valence-electron chi connectivity index (χ1n) is 10.5. The maximum absolute atomic E-state index is 13.4. The SMILES string of the molecule is O=C1NC(c2cccc3ccccc23)N(C(=O)OCc2ccccc2)C1c1ccccc1. The molecule has 1 fully saturated rings. The normalized spacial score (nSPS) is 17.9. The van der Waals surface area contributed by atoms with Crippen molar-refractivity contribution in [2.45, 2.75) is 18.8 Å². The molecule has 5 rings (SSSR count). The lowest BCUT2D eigenvalue weighted by Crippen LogP contribution is -2.35. The average molecular weight is 422 g/mol. The minimum atomic E-state index is -0.775. The highest BCUT2D eigenvalue weighted by molar-refractivity contribution is 5.93. The quantitative estimate of drug-likeness (QED) is 0.482. The van der Waals surface area contributed by atoms with E-state index in [-0.39, 0.29) is 12.5 Å². The lowest BCUT2D eigenvalue weighted by Gasteiger charge is -2.28. The molecule has 0 spiro atoms. The largest absolute Gasteiger partial charge is 0.444 e. The van der Waals surface area contributed by atoms with Crippen molar-refractivity contribution >= 4 is 22.8 Å². The van der Waals surface area contributed by atoms with Crippen LogP contribution in [0.25, 0.3) is 10.8 Å². The highest BCUT2D eigenvalue weighted by Gasteiger charge is 2.45. The highest BCUT2D eigenvalue weighted by atomic mass is 16.6. The first kappa shape index (κ1) is 19.8. The maximum atomic E-state index is 13.4. The fraction of sp³-hybridized carbons (Fsp3) is 0.111. The van der Waals surface area contributed by atoms with Crippen LogP contribution in [-0.4, -0.2) is 16.9 Å². The van der Waals surface area contributed by atoms with Crippen LogP contribution in [0.4, 0.5) is 4.79 Å². The van der Waals surface area contributed by atoms with E-state index in [0.717, 1.165) is 27.5 Å². The Balaban J connectivity index is 1.54. The number of hydrogen-bond donors (Lipinski definition) is 1. The first-order valence-corrected chi connectivity index (χ1v) is 10.5. The van der Waals surface area contributed by atoms with Gasteiger partial charge in [0.25, 0.3) is 0 Å². The van der Waals surface area contributed by atoms with Gasteiger partial charge in [0.05, 0.1) is 0 Å². The van der Waals surface area contributed by atoms with Gasteiger partial charge in [-0.05, 0) is 21.9 Å². The lowest BCUT2D eigenvalue weighted by molar-refractivity contribution is -0.121. The number of hydrogen-bond acceptors (Lipinski definition) is 3. The van der Waals surface area contributed by atoms with Crippen LogP contribution in [0.3, 0.4) is 0 Å². The van der Waals surface area contributed by atoms with E-state index in [9.17, 15) is 9.59 Å². The Morgan fingerprint density at radius 1 is 0.812 bits per heavy atom. The lowest BCUT2D eigenvalue weighted by atomic mass is 10.0. The number of rotatable bonds is 4. The van der Waals surface area contributed by atoms with E-state index in [4.69, 9.17) is 4.74 Å². The predicted molar refractivity (Wildman–Crippen MR) is 122 cm³/mol. The van der Waals surface area contributed by atoms with Crippen molar-refractivity contribution in [2.24, 2.45) is 0 Å². The van der Waals surface area contributed by atoms with Crippen molar-refractivity contribution in [1.29, 1.82) is 0 Å². The molecular formula is C27H22N2O3. The van der Waals surface area contributed by atoms with Crippen molar-refractivity contribution < 1.29 is 14.3 Å². The fourth-order valence-electron chi connectivity index (χ4n) is 4.23. The molecule has 0 saturated carbocycles. The van der Waals surface area contributed by atoms with E-state index in [2.05, 4.69) is 5.32 Å². The number of amides is 2. The van der Waals surface area contributed by atoms with Gasteiger partial charge in [-0.2, -0.15) is 0 Å². The molecule has 1 N–H and O–H groups in total. The molecule has 4 aromatic rings. The monoisotopic (exact) mass is 422 g/mol. The summed E-state index contributed by atoms with van der Waals surface area (Å²) >= 11 is 0. The number of benzene rings is 4. The molecule has 0 bridgehead atoms. The van der Waals surface area contributed by atoms with Gasteiger partial charge < -0.3 is 10.1 Å². The Hall–Kier alpha value is -4.12. The fourth-order valence-corrected chi connectivity index (χ4v) is 4.23. The van der Waals surface area contributed by atoms with Gasteiger partial charge in [0.1, 0.15) is 18.8 Å². The summed E-state index contributed by atoms with van der Waals surface area (Å²) in [7, 11) is 0. The molecular weight excluding hydrogens is 400 g/mol. The Morgan fingerprint density at radius 3 is 2.25 bits per heavy atom. The van der Waals surface area contributed by atoms with E-state index < -0.39 is 18.3 Å². The first-order chi connectivity index (χ1) is 15.7. The van der Waals surface area contributed by atoms with Gasteiger partial charge in [-0.3, -0.25) is 9.69 Å². The average Bonchev–Trinajstić information content (AvgIpc) is 3.20. The molecule has 158 valence electrons. The number of ether oxygens (including phenoxy) is 1. The zero-order valence-electron chi connectivity index (χ0n) is 17.3. The van der Waals surface area contributed by atoms with Gasteiger partial charge in [0, 0.05) is 5.56 Å². The molecule has 4 aromatic carbocycles. The summed E-state index contributed by atoms with van der Waals surface area (Å²) < 4.78 is 5.67. The van der Waals surface area contributed by atoms with E-state index in [1.807, 2.05) is 103 Å². The molecule has 0 radical (unpaired) electrons. The van der Waals surface area contributed by atoms with Crippen molar-refractivity contribution in [3.63, 3.8) is 0 Å². The number of fused-ring (bicyclic) bond motifs is 1. The summed E-state index contributed by atoms with van der Waals surface area (Å²) in [6.45, 7) is 0.133. The van der Waals surface area contributed by atoms with Gasteiger partial charge in [-0.25, -0.2) is 4.79 Å². The van der Waals surface area contributed by atoms with Crippen LogP contribution < -0.4 is 5.32 Å². The molecule has 1 heterocycles. The zero-order valence-corrected chi connectivity index (χ0v) is 17.3. The molecule has 1 aliphatic heterocycles. The topological polar surface area (TPSA) is 58.6 Å². The van der Waals surface area contributed by atoms with E-state index in [1.54, 1.807) is 0 Å². The van der Waals surface area contributed by atoms with Crippen LogP contribution in [0, 0.1) is 0 Å². The van der Waals surface area contributed by atoms with Gasteiger partial charge in [-0.1, -0.05) is 103 Å². The van der Waals surface area contributed by atoms with Gasteiger partial charge in [-0.15, -0.1) is 0 Å². The second-order valence-corrected chi connectivity index (χ2v) is 7.74. The van der Waals surface area contributed by atoms with Gasteiger partial charge in [0.15, 0.2) is 0 Å². The molecule has 32 heavy (non-hydrogen) atoms. The number of carbonyl (C=O) groups excluding carboxylic acids is 2. The number of nitrogens with one attached hydrogen (secondary N) is 1. The number of carbonyl (C=O) groups is 2. The summed E-state index contributed by atoms with van der Waals surface area (Å²) in [5, 5.41) is 5.05. The summed E-state index contributed by atoms with van der Waals surface area (Å²) in [6, 6.07) is 31.9. The smallest absolute Gasteiger partial charge is 0.412 e. The van der Waals surface area contributed by atoms with Gasteiger partial charge >= 0.3 is 6.09 Å². The molecule has 0 aliphatic carbocycles. The Kier molecular flexibility index (Phi) is 5.30. The van der Waals surface area contributed by atoms with Crippen molar-refractivity contribution in [2.75, 3.05) is 0 Å². The summed E-state index contributed by atoms with van der Waals surface area (Å²) in [5.74, 6) is -0.231. The van der Waals surface area contributed by atoms with Crippen LogP contribution in [-0.2, 0) is 16.1 Å². The van der Waals surface area contributed by atoms with Crippen molar-refractivity contribution in [3.05, 3.63) is 120 Å². The molecule has 2 unspecified atom stereocenters. The Bertz CT molecular complexity index is 1250. The van der Waals surface area contributed by atoms with Crippen molar-refractivity contribution in [1.82, 2.24) is 10.2 Å². The van der Waals surface area contributed by atoms with Crippen LogP contribution in [0.2, 0.25) is 0 Å². The third-order valence-electron chi connectivity index (χ3n) is 5.73. The molecule has 2 amide bonds. The summed E-state index contributed by atoms with van der Waals surface area (Å²) in [4.78, 5) is 28.0. The van der Waals surface area contributed by atoms with Crippen LogP contribution >= 0.6 is 0 Å². The van der Waals surface area contributed by atoms with E-state index in [1.165, 1.54) is 4.90 Å². The second-order valence-electron chi connectivity index (χ2n) is 7.74. The second kappa shape index (κ2) is 8.55. The Labute approximate surface area is 186 Å². The van der Waals surface area contributed by atoms with Crippen LogP contribution in [0.15, 0.2) is 103 Å². The third kappa shape index (κ3) is 3.69. The van der Waals surface area contributed by atoms with E-state index in [0.29, 0.717) is 0 Å². The molecule has 5 nitrogen and oxygen atoms in total.